The van der Waals surface area contributed by atoms with E-state index in [4.69, 9.17) is 5.10 Å². The van der Waals surface area contributed by atoms with Crippen LogP contribution < -0.4 is 10.3 Å². The average molecular weight is 342 g/mol. The monoisotopic (exact) mass is 341 g/mol. The minimum Gasteiger partial charge on any atom is -0.394 e. The number of rotatable bonds is 10. The van der Waals surface area contributed by atoms with Crippen molar-refractivity contribution in [3.05, 3.63) is 53.8 Å². The summed E-state index contributed by atoms with van der Waals surface area (Å²) in [6.45, 7) is 8.92. The summed E-state index contributed by atoms with van der Waals surface area (Å²) >= 11 is 0. The van der Waals surface area contributed by atoms with Gasteiger partial charge >= 0.3 is 0 Å². The molecule has 0 aliphatic rings. The van der Waals surface area contributed by atoms with Crippen LogP contribution in [0.1, 0.15) is 53.4 Å². The molecule has 0 amide bonds. The van der Waals surface area contributed by atoms with Crippen LogP contribution in [-0.2, 0) is 0 Å². The summed E-state index contributed by atoms with van der Waals surface area (Å²) in [5.41, 5.74) is 4.67. The highest BCUT2D eigenvalue weighted by atomic mass is 15.4. The fourth-order valence-electron chi connectivity index (χ4n) is 2.63. The summed E-state index contributed by atoms with van der Waals surface area (Å²) in [5.74, 6) is 0.702. The minimum atomic E-state index is 0.702. The summed E-state index contributed by atoms with van der Waals surface area (Å²) in [5, 5.41) is 10.1. The Hall–Kier alpha value is -2.03. The van der Waals surface area contributed by atoms with Gasteiger partial charge in [-0.3, -0.25) is 5.01 Å². The zero-order valence-corrected chi connectivity index (χ0v) is 16.8. The van der Waals surface area contributed by atoms with Crippen LogP contribution in [0, 0.1) is 5.92 Å². The minimum absolute atomic E-state index is 0.702. The number of nitrogens with one attached hydrogen (secondary N) is 1. The summed E-state index contributed by atoms with van der Waals surface area (Å²) < 4.78 is 0. The van der Waals surface area contributed by atoms with E-state index in [1.54, 1.807) is 0 Å². The van der Waals surface area contributed by atoms with Gasteiger partial charge in [-0.1, -0.05) is 57.9 Å². The van der Waals surface area contributed by atoms with Crippen molar-refractivity contribution in [1.82, 2.24) is 5.32 Å². The van der Waals surface area contributed by atoms with Gasteiger partial charge in [-0.25, -0.2) is 0 Å². The van der Waals surface area contributed by atoms with E-state index in [0.717, 1.165) is 36.2 Å². The lowest BCUT2D eigenvalue weighted by Gasteiger charge is -2.19. The topological polar surface area (TPSA) is 27.6 Å². The molecule has 0 aromatic heterocycles. The number of hydrogen-bond donors (Lipinski definition) is 1. The van der Waals surface area contributed by atoms with Crippen LogP contribution in [0.15, 0.2) is 58.9 Å². The molecule has 3 nitrogen and oxygen atoms in total. The highest BCUT2D eigenvalue weighted by Gasteiger charge is 2.12. The lowest BCUT2D eigenvalue weighted by atomic mass is 9.96. The molecule has 1 aromatic carbocycles. The third-order valence-electron chi connectivity index (χ3n) is 4.40. The summed E-state index contributed by atoms with van der Waals surface area (Å²) in [6, 6.07) is 10.3. The Labute approximate surface area is 154 Å². The molecule has 3 heteroatoms. The van der Waals surface area contributed by atoms with Crippen molar-refractivity contribution in [2.75, 3.05) is 19.1 Å². The largest absolute Gasteiger partial charge is 0.394 e. The first-order chi connectivity index (χ1) is 12.0. The molecule has 1 unspecified atom stereocenters. The molecule has 0 spiro atoms. The van der Waals surface area contributed by atoms with Crippen molar-refractivity contribution in [3.63, 3.8) is 0 Å². The SMILES string of the molecule is CCCC(=C\CC(C)CC)/C(=N/N(C)c1ccccc1)C(/C)=C/NC. The van der Waals surface area contributed by atoms with Crippen molar-refractivity contribution in [2.24, 2.45) is 11.0 Å². The van der Waals surface area contributed by atoms with E-state index in [0.29, 0.717) is 5.92 Å². The molecular weight excluding hydrogens is 306 g/mol. The molecule has 138 valence electrons. The first-order valence-electron chi connectivity index (χ1n) is 9.44. The second-order valence-corrected chi connectivity index (χ2v) is 6.65. The molecule has 0 saturated heterocycles. The Morgan fingerprint density at radius 2 is 1.92 bits per heavy atom. The van der Waals surface area contributed by atoms with Crippen molar-refractivity contribution in [2.45, 2.75) is 53.4 Å². The first kappa shape index (κ1) is 21.0. The molecule has 1 aromatic rings. The fourth-order valence-corrected chi connectivity index (χ4v) is 2.63. The lowest BCUT2D eigenvalue weighted by molar-refractivity contribution is 0.570. The zero-order chi connectivity index (χ0) is 18.7. The van der Waals surface area contributed by atoms with Crippen LogP contribution >= 0.6 is 0 Å². The van der Waals surface area contributed by atoms with E-state index in [-0.39, 0.29) is 0 Å². The Kier molecular flexibility index (Phi) is 9.68. The second-order valence-electron chi connectivity index (χ2n) is 6.65. The Morgan fingerprint density at radius 1 is 1.24 bits per heavy atom. The number of hydrazone groups is 1. The van der Waals surface area contributed by atoms with Crippen molar-refractivity contribution in [3.8, 4) is 0 Å². The van der Waals surface area contributed by atoms with Crippen LogP contribution in [0.25, 0.3) is 0 Å². The first-order valence-corrected chi connectivity index (χ1v) is 9.44. The molecule has 25 heavy (non-hydrogen) atoms. The Bertz CT molecular complexity index is 585. The maximum atomic E-state index is 4.96. The molecule has 0 fully saturated rings. The average Bonchev–Trinajstić information content (AvgIpc) is 2.63. The van der Waals surface area contributed by atoms with Crippen molar-refractivity contribution < 1.29 is 0 Å². The third-order valence-corrected chi connectivity index (χ3v) is 4.40. The fraction of sp³-hybridized carbons (Fsp3) is 0.500. The van der Waals surface area contributed by atoms with Gasteiger partial charge in [0.05, 0.1) is 11.4 Å². The lowest BCUT2D eigenvalue weighted by Crippen LogP contribution is -2.17. The van der Waals surface area contributed by atoms with E-state index < -0.39 is 0 Å². The highest BCUT2D eigenvalue weighted by molar-refractivity contribution is 6.12. The second kappa shape index (κ2) is 11.5. The maximum Gasteiger partial charge on any atom is 0.0908 e. The van der Waals surface area contributed by atoms with E-state index in [2.05, 4.69) is 51.2 Å². The molecule has 0 saturated carbocycles. The maximum absolute atomic E-state index is 4.96. The third kappa shape index (κ3) is 7.16. The van der Waals surface area contributed by atoms with Crippen molar-refractivity contribution >= 4 is 11.4 Å². The standard InChI is InChI=1S/C22H35N3/c1-7-12-20(16-15-18(3)8-2)22(19(4)17-23-5)24-25(6)21-13-10-9-11-14-21/h9-11,13-14,16-18,23H,7-8,12,15H2,1-6H3/b19-17+,20-16+,24-22+. The molecule has 0 heterocycles. The number of hydrogen-bond acceptors (Lipinski definition) is 3. The van der Waals surface area contributed by atoms with Gasteiger partial charge in [-0.05, 0) is 49.0 Å². The zero-order valence-electron chi connectivity index (χ0n) is 16.8. The van der Waals surface area contributed by atoms with E-state index in [1.165, 1.54) is 12.0 Å². The summed E-state index contributed by atoms with van der Waals surface area (Å²) in [7, 11) is 3.95. The van der Waals surface area contributed by atoms with Crippen LogP contribution in [0.2, 0.25) is 0 Å². The molecular formula is C22H35N3. The van der Waals surface area contributed by atoms with Gasteiger partial charge in [-0.15, -0.1) is 0 Å². The highest BCUT2D eigenvalue weighted by Crippen LogP contribution is 2.20. The van der Waals surface area contributed by atoms with Crippen LogP contribution in [0.4, 0.5) is 5.69 Å². The smallest absolute Gasteiger partial charge is 0.0908 e. The molecule has 0 bridgehead atoms. The number of anilines is 1. The van der Waals surface area contributed by atoms with E-state index in [1.807, 2.05) is 43.5 Å². The van der Waals surface area contributed by atoms with Crippen LogP contribution in [0.5, 0.6) is 0 Å². The molecule has 0 aliphatic carbocycles. The molecule has 1 atom stereocenters. The number of para-hydroxylation sites is 1. The van der Waals surface area contributed by atoms with Gasteiger partial charge in [0.25, 0.3) is 0 Å². The van der Waals surface area contributed by atoms with Gasteiger partial charge in [0.2, 0.25) is 0 Å². The van der Waals surface area contributed by atoms with Crippen LogP contribution in [0.3, 0.4) is 0 Å². The number of nitrogens with zero attached hydrogens (tertiary/aromatic N) is 2. The van der Waals surface area contributed by atoms with Gasteiger partial charge in [0.15, 0.2) is 0 Å². The molecule has 1 rings (SSSR count). The predicted octanol–water partition coefficient (Wildman–Crippen LogP) is 5.76. The predicted molar refractivity (Wildman–Crippen MR) is 112 cm³/mol. The van der Waals surface area contributed by atoms with Gasteiger partial charge in [0.1, 0.15) is 0 Å². The molecule has 1 N–H and O–H groups in total. The number of allylic oxidation sites excluding steroid dienone is 3. The molecule has 0 radical (unpaired) electrons. The van der Waals surface area contributed by atoms with Crippen LogP contribution in [-0.4, -0.2) is 19.8 Å². The number of benzene rings is 1. The Balaban J connectivity index is 3.24. The molecule has 0 aliphatic heterocycles. The summed E-state index contributed by atoms with van der Waals surface area (Å²) in [4.78, 5) is 0. The van der Waals surface area contributed by atoms with E-state index >= 15 is 0 Å². The van der Waals surface area contributed by atoms with Gasteiger partial charge in [-0.2, -0.15) is 5.10 Å². The van der Waals surface area contributed by atoms with Crippen molar-refractivity contribution in [1.29, 1.82) is 0 Å². The summed E-state index contributed by atoms with van der Waals surface area (Å²) in [6.07, 6.45) is 8.90. The quantitative estimate of drug-likeness (QED) is 0.432. The normalized spacial score (nSPS) is 14.4. The van der Waals surface area contributed by atoms with Gasteiger partial charge < -0.3 is 5.32 Å². The van der Waals surface area contributed by atoms with E-state index in [9.17, 15) is 0 Å². The van der Waals surface area contributed by atoms with Gasteiger partial charge in [0, 0.05) is 20.3 Å². The Morgan fingerprint density at radius 3 is 2.48 bits per heavy atom.